The first-order valence-electron chi connectivity index (χ1n) is 8.44. The lowest BCUT2D eigenvalue weighted by Gasteiger charge is -2.35. The number of amides is 1. The van der Waals surface area contributed by atoms with Crippen LogP contribution in [-0.2, 0) is 34.0 Å². The topological polar surface area (TPSA) is 72.3 Å². The van der Waals surface area contributed by atoms with E-state index >= 15 is 0 Å². The van der Waals surface area contributed by atoms with Gasteiger partial charge >= 0.3 is 0 Å². The van der Waals surface area contributed by atoms with Crippen LogP contribution in [0.3, 0.4) is 0 Å². The second-order valence-electron chi connectivity index (χ2n) is 6.80. The first-order chi connectivity index (χ1) is 10.9. The molecule has 0 radical (unpaired) electrons. The Kier molecular flexibility index (Phi) is 4.75. The van der Waals surface area contributed by atoms with Crippen LogP contribution in [0.4, 0.5) is 0 Å². The van der Waals surface area contributed by atoms with Crippen molar-refractivity contribution in [3.63, 3.8) is 0 Å². The molecule has 0 saturated carbocycles. The lowest BCUT2D eigenvalue weighted by atomic mass is 10.0. The zero-order chi connectivity index (χ0) is 16.4. The molecule has 128 valence electrons. The molecular formula is C16H25N3O3S. The largest absolute Gasteiger partial charge is 0.337 e. The number of carbonyl (C=O) groups excluding carboxylic acids is 1. The average molecular weight is 339 g/mol. The van der Waals surface area contributed by atoms with E-state index in [-0.39, 0.29) is 24.2 Å². The molecule has 1 saturated heterocycles. The summed E-state index contributed by atoms with van der Waals surface area (Å²) in [6.07, 6.45) is 10.0. The summed E-state index contributed by atoms with van der Waals surface area (Å²) in [6.45, 7) is 0.943. The molecule has 0 aromatic carbocycles. The third-order valence-electron chi connectivity index (χ3n) is 4.86. The molecule has 0 N–H and O–H groups in total. The zero-order valence-corrected chi connectivity index (χ0v) is 14.5. The van der Waals surface area contributed by atoms with Crippen molar-refractivity contribution in [3.8, 4) is 0 Å². The number of carbonyl (C=O) groups is 1. The number of aryl methyl sites for hydroxylation is 1. The molecule has 1 fully saturated rings. The Hall–Kier alpha value is -1.37. The lowest BCUT2D eigenvalue weighted by molar-refractivity contribution is -0.135. The highest BCUT2D eigenvalue weighted by Gasteiger charge is 2.29. The van der Waals surface area contributed by atoms with Crippen molar-refractivity contribution in [2.75, 3.05) is 18.6 Å². The Balaban J connectivity index is 1.72. The summed E-state index contributed by atoms with van der Waals surface area (Å²) in [5, 5.41) is 0. The fourth-order valence-electron chi connectivity index (χ4n) is 3.76. The van der Waals surface area contributed by atoms with Gasteiger partial charge in [0.2, 0.25) is 5.91 Å². The molecule has 1 amide bonds. The molecule has 1 atom stereocenters. The lowest BCUT2D eigenvalue weighted by Crippen LogP contribution is -2.48. The number of rotatable bonds is 4. The van der Waals surface area contributed by atoms with E-state index in [1.165, 1.54) is 18.4 Å². The minimum absolute atomic E-state index is 0.0177. The minimum atomic E-state index is -3.08. The van der Waals surface area contributed by atoms with Crippen molar-refractivity contribution in [1.29, 1.82) is 0 Å². The molecule has 1 aliphatic heterocycles. The average Bonchev–Trinajstić information content (AvgIpc) is 2.89. The highest BCUT2D eigenvalue weighted by molar-refractivity contribution is 7.90. The number of fused-ring (bicyclic) bond motifs is 1. The van der Waals surface area contributed by atoms with Crippen molar-refractivity contribution in [2.24, 2.45) is 0 Å². The van der Waals surface area contributed by atoms with Crippen LogP contribution in [0.1, 0.15) is 43.5 Å². The highest BCUT2D eigenvalue weighted by Crippen LogP contribution is 2.22. The predicted molar refractivity (Wildman–Crippen MR) is 87.9 cm³/mol. The SMILES string of the molecule is CS(=O)(=O)CC1CCCCN1C(=O)Cn1cnc2c1CCCC2. The van der Waals surface area contributed by atoms with Gasteiger partial charge in [-0.2, -0.15) is 0 Å². The van der Waals surface area contributed by atoms with Gasteiger partial charge in [-0.05, 0) is 44.9 Å². The smallest absolute Gasteiger partial charge is 0.242 e. The molecule has 2 heterocycles. The predicted octanol–water partition coefficient (Wildman–Crippen LogP) is 1.19. The van der Waals surface area contributed by atoms with Gasteiger partial charge in [0.1, 0.15) is 16.4 Å². The molecule has 6 nitrogen and oxygen atoms in total. The highest BCUT2D eigenvalue weighted by atomic mass is 32.2. The molecule has 0 spiro atoms. The summed E-state index contributed by atoms with van der Waals surface area (Å²) >= 11 is 0. The van der Waals surface area contributed by atoms with E-state index in [1.807, 2.05) is 4.57 Å². The van der Waals surface area contributed by atoms with Crippen LogP contribution in [0.2, 0.25) is 0 Å². The fraction of sp³-hybridized carbons (Fsp3) is 0.750. The number of nitrogens with zero attached hydrogens (tertiary/aromatic N) is 3. The normalized spacial score (nSPS) is 22.0. The number of likely N-dealkylation sites (tertiary alicyclic amines) is 1. The third-order valence-corrected chi connectivity index (χ3v) is 5.85. The summed E-state index contributed by atoms with van der Waals surface area (Å²) in [7, 11) is -3.08. The Morgan fingerprint density at radius 1 is 1.26 bits per heavy atom. The standard InChI is InChI=1S/C16H25N3O3S/c1-23(21,22)11-13-6-4-5-9-19(13)16(20)10-18-12-17-14-7-2-3-8-15(14)18/h12-13H,2-11H2,1H3. The Morgan fingerprint density at radius 3 is 2.83 bits per heavy atom. The Labute approximate surface area is 137 Å². The van der Waals surface area contributed by atoms with Gasteiger partial charge in [-0.25, -0.2) is 13.4 Å². The van der Waals surface area contributed by atoms with Gasteiger partial charge in [0.25, 0.3) is 0 Å². The van der Waals surface area contributed by atoms with E-state index in [4.69, 9.17) is 0 Å². The van der Waals surface area contributed by atoms with E-state index in [1.54, 1.807) is 11.2 Å². The van der Waals surface area contributed by atoms with Crippen LogP contribution in [0, 0.1) is 0 Å². The van der Waals surface area contributed by atoms with Gasteiger partial charge in [-0.1, -0.05) is 0 Å². The van der Waals surface area contributed by atoms with E-state index in [0.29, 0.717) is 6.54 Å². The second-order valence-corrected chi connectivity index (χ2v) is 8.99. The number of aromatic nitrogens is 2. The van der Waals surface area contributed by atoms with Crippen LogP contribution in [0.25, 0.3) is 0 Å². The van der Waals surface area contributed by atoms with Crippen molar-refractivity contribution in [3.05, 3.63) is 17.7 Å². The van der Waals surface area contributed by atoms with Crippen molar-refractivity contribution in [2.45, 2.75) is 57.5 Å². The van der Waals surface area contributed by atoms with E-state index in [0.717, 1.165) is 44.2 Å². The molecule has 1 aliphatic carbocycles. The summed E-state index contributed by atoms with van der Waals surface area (Å²) < 4.78 is 25.2. The second kappa shape index (κ2) is 6.63. The summed E-state index contributed by atoms with van der Waals surface area (Å²) in [5.41, 5.74) is 2.30. The Morgan fingerprint density at radius 2 is 2.04 bits per heavy atom. The minimum Gasteiger partial charge on any atom is -0.337 e. The van der Waals surface area contributed by atoms with Crippen LogP contribution >= 0.6 is 0 Å². The number of imidazole rings is 1. The molecule has 2 aliphatic rings. The number of hydrogen-bond donors (Lipinski definition) is 0. The van der Waals surface area contributed by atoms with Gasteiger partial charge in [0.15, 0.2) is 0 Å². The van der Waals surface area contributed by atoms with Crippen LogP contribution < -0.4 is 0 Å². The molecule has 1 aromatic heterocycles. The van der Waals surface area contributed by atoms with Gasteiger partial charge in [0, 0.05) is 24.5 Å². The maximum absolute atomic E-state index is 12.7. The van der Waals surface area contributed by atoms with Crippen LogP contribution in [0.5, 0.6) is 0 Å². The number of piperidine rings is 1. The zero-order valence-electron chi connectivity index (χ0n) is 13.7. The maximum atomic E-state index is 12.7. The monoisotopic (exact) mass is 339 g/mol. The quantitative estimate of drug-likeness (QED) is 0.826. The van der Waals surface area contributed by atoms with Gasteiger partial charge in [0.05, 0.1) is 17.8 Å². The summed E-state index contributed by atoms with van der Waals surface area (Å²) in [5.74, 6) is 0.0879. The first kappa shape index (κ1) is 16.5. The van der Waals surface area contributed by atoms with E-state index < -0.39 is 9.84 Å². The van der Waals surface area contributed by atoms with Gasteiger partial charge < -0.3 is 9.47 Å². The molecule has 3 rings (SSSR count). The van der Waals surface area contributed by atoms with Crippen LogP contribution in [0.15, 0.2) is 6.33 Å². The molecule has 1 unspecified atom stereocenters. The molecule has 1 aromatic rings. The number of hydrogen-bond acceptors (Lipinski definition) is 4. The molecule has 0 bridgehead atoms. The fourth-order valence-corrected chi connectivity index (χ4v) is 4.80. The number of sulfone groups is 1. The van der Waals surface area contributed by atoms with Gasteiger partial charge in [-0.15, -0.1) is 0 Å². The summed E-state index contributed by atoms with van der Waals surface area (Å²) in [4.78, 5) is 18.9. The van der Waals surface area contributed by atoms with E-state index in [2.05, 4.69) is 4.98 Å². The molecule has 23 heavy (non-hydrogen) atoms. The Bertz CT molecular complexity index is 681. The summed E-state index contributed by atoms with van der Waals surface area (Å²) in [6, 6.07) is -0.175. The maximum Gasteiger partial charge on any atom is 0.242 e. The van der Waals surface area contributed by atoms with Gasteiger partial charge in [-0.3, -0.25) is 4.79 Å². The molecule has 7 heteroatoms. The van der Waals surface area contributed by atoms with Crippen molar-refractivity contribution < 1.29 is 13.2 Å². The molecular weight excluding hydrogens is 314 g/mol. The van der Waals surface area contributed by atoms with Crippen LogP contribution in [-0.4, -0.2) is 53.4 Å². The van der Waals surface area contributed by atoms with Crippen molar-refractivity contribution >= 4 is 15.7 Å². The van der Waals surface area contributed by atoms with E-state index in [9.17, 15) is 13.2 Å². The third kappa shape index (κ3) is 3.94. The van der Waals surface area contributed by atoms with Crippen molar-refractivity contribution in [1.82, 2.24) is 14.5 Å². The first-order valence-corrected chi connectivity index (χ1v) is 10.5.